The molecule has 1 aromatic heterocycles. The molecule has 0 aliphatic rings. The summed E-state index contributed by atoms with van der Waals surface area (Å²) in [7, 11) is 0. The van der Waals surface area contributed by atoms with E-state index in [1.54, 1.807) is 0 Å². The van der Waals surface area contributed by atoms with Crippen LogP contribution in [0.5, 0.6) is 0 Å². The van der Waals surface area contributed by atoms with E-state index in [9.17, 15) is 17.6 Å². The summed E-state index contributed by atoms with van der Waals surface area (Å²) >= 11 is 3.04. The van der Waals surface area contributed by atoms with Gasteiger partial charge in [-0.1, -0.05) is 0 Å². The lowest BCUT2D eigenvalue weighted by Gasteiger charge is -2.15. The summed E-state index contributed by atoms with van der Waals surface area (Å²) in [5.41, 5.74) is 0. The first-order valence-corrected chi connectivity index (χ1v) is 4.58. The minimum atomic E-state index is -4.09. The number of nitrogens with one attached hydrogen (secondary N) is 1. The molecule has 0 saturated heterocycles. The lowest BCUT2D eigenvalue weighted by atomic mass is 10.3. The highest BCUT2D eigenvalue weighted by Gasteiger charge is 2.40. The zero-order valence-electron chi connectivity index (χ0n) is 7.22. The fourth-order valence-electron chi connectivity index (χ4n) is 0.678. The topological polar surface area (TPSA) is 37.8 Å². The zero-order chi connectivity index (χ0) is 11.5. The minimum Gasteiger partial charge on any atom is -0.348 e. The van der Waals surface area contributed by atoms with Crippen LogP contribution in [0.3, 0.4) is 0 Å². The van der Waals surface area contributed by atoms with Crippen LogP contribution in [0.2, 0.25) is 0 Å². The van der Waals surface area contributed by atoms with Gasteiger partial charge >= 0.3 is 12.3 Å². The smallest absolute Gasteiger partial charge is 0.324 e. The van der Waals surface area contributed by atoms with Crippen LogP contribution in [0, 0.1) is 0 Å². The average molecular weight is 288 g/mol. The SMILES string of the molecule is FC(F)C(F)(F)CNc1ncc(Br)cn1. The number of halogens is 5. The fraction of sp³-hybridized carbons (Fsp3) is 0.429. The van der Waals surface area contributed by atoms with Gasteiger partial charge in [0.25, 0.3) is 0 Å². The molecule has 1 N–H and O–H groups in total. The van der Waals surface area contributed by atoms with Gasteiger partial charge in [-0.2, -0.15) is 8.78 Å². The summed E-state index contributed by atoms with van der Waals surface area (Å²) in [5.74, 6) is -4.21. The van der Waals surface area contributed by atoms with Crippen molar-refractivity contribution in [3.63, 3.8) is 0 Å². The molecule has 0 spiro atoms. The van der Waals surface area contributed by atoms with Gasteiger partial charge < -0.3 is 5.32 Å². The summed E-state index contributed by atoms with van der Waals surface area (Å²) in [4.78, 5) is 7.19. The summed E-state index contributed by atoms with van der Waals surface area (Å²) in [6.07, 6.45) is -1.08. The average Bonchev–Trinajstić information content (AvgIpc) is 2.17. The second-order valence-electron chi connectivity index (χ2n) is 2.64. The quantitative estimate of drug-likeness (QED) is 0.865. The number of anilines is 1. The first-order chi connectivity index (χ1) is 6.92. The van der Waals surface area contributed by atoms with E-state index in [2.05, 4.69) is 25.9 Å². The molecular formula is C7H6BrF4N3. The van der Waals surface area contributed by atoms with Gasteiger partial charge in [-0.15, -0.1) is 0 Å². The highest BCUT2D eigenvalue weighted by molar-refractivity contribution is 9.10. The molecule has 0 aliphatic carbocycles. The Morgan fingerprint density at radius 1 is 1.33 bits per heavy atom. The van der Waals surface area contributed by atoms with Gasteiger partial charge in [0.05, 0.1) is 11.0 Å². The Labute approximate surface area is 91.0 Å². The predicted molar refractivity (Wildman–Crippen MR) is 49.2 cm³/mol. The van der Waals surface area contributed by atoms with E-state index >= 15 is 0 Å². The molecule has 8 heteroatoms. The van der Waals surface area contributed by atoms with Gasteiger partial charge in [0, 0.05) is 12.4 Å². The molecule has 1 rings (SSSR count). The second kappa shape index (κ2) is 4.73. The Morgan fingerprint density at radius 3 is 2.33 bits per heavy atom. The molecule has 0 unspecified atom stereocenters. The van der Waals surface area contributed by atoms with Crippen LogP contribution in [-0.4, -0.2) is 28.9 Å². The van der Waals surface area contributed by atoms with Gasteiger partial charge in [0.15, 0.2) is 0 Å². The van der Waals surface area contributed by atoms with E-state index < -0.39 is 18.9 Å². The Hall–Kier alpha value is -0.920. The van der Waals surface area contributed by atoms with Crippen molar-refractivity contribution in [2.75, 3.05) is 11.9 Å². The maximum atomic E-state index is 12.4. The van der Waals surface area contributed by atoms with Gasteiger partial charge in [-0.05, 0) is 15.9 Å². The normalized spacial score (nSPS) is 11.9. The monoisotopic (exact) mass is 287 g/mol. The van der Waals surface area contributed by atoms with Crippen molar-refractivity contribution in [3.05, 3.63) is 16.9 Å². The summed E-state index contributed by atoms with van der Waals surface area (Å²) in [6.45, 7) is -1.20. The third-order valence-electron chi connectivity index (χ3n) is 1.42. The van der Waals surface area contributed by atoms with E-state index in [1.165, 1.54) is 12.4 Å². The molecule has 0 aliphatic heterocycles. The fourth-order valence-corrected chi connectivity index (χ4v) is 0.882. The van der Waals surface area contributed by atoms with Crippen LogP contribution in [0.4, 0.5) is 23.5 Å². The van der Waals surface area contributed by atoms with Crippen molar-refractivity contribution in [1.82, 2.24) is 9.97 Å². The first kappa shape index (κ1) is 12.2. The van der Waals surface area contributed by atoms with E-state index in [1.807, 2.05) is 5.32 Å². The molecule has 0 radical (unpaired) electrons. The standard InChI is InChI=1S/C7H6BrF4N3/c8-4-1-13-6(14-2-4)15-3-7(11,12)5(9)10/h1-2,5H,3H2,(H,13,14,15). The largest absolute Gasteiger partial charge is 0.348 e. The van der Waals surface area contributed by atoms with Gasteiger partial charge in [0.2, 0.25) is 5.95 Å². The van der Waals surface area contributed by atoms with E-state index in [-0.39, 0.29) is 5.95 Å². The Kier molecular flexibility index (Phi) is 3.83. The van der Waals surface area contributed by atoms with Crippen molar-refractivity contribution in [1.29, 1.82) is 0 Å². The van der Waals surface area contributed by atoms with Crippen LogP contribution in [-0.2, 0) is 0 Å². The molecule has 3 nitrogen and oxygen atoms in total. The number of hydrogen-bond donors (Lipinski definition) is 1. The summed E-state index contributed by atoms with van der Waals surface area (Å²) in [5, 5.41) is 2.02. The molecule has 0 bridgehead atoms. The van der Waals surface area contributed by atoms with Crippen molar-refractivity contribution in [2.45, 2.75) is 12.3 Å². The minimum absolute atomic E-state index is 0.126. The molecule has 1 aromatic rings. The van der Waals surface area contributed by atoms with Crippen molar-refractivity contribution in [2.24, 2.45) is 0 Å². The van der Waals surface area contributed by atoms with E-state index in [4.69, 9.17) is 0 Å². The van der Waals surface area contributed by atoms with Crippen molar-refractivity contribution < 1.29 is 17.6 Å². The third-order valence-corrected chi connectivity index (χ3v) is 1.83. The second-order valence-corrected chi connectivity index (χ2v) is 3.56. The zero-order valence-corrected chi connectivity index (χ0v) is 8.81. The maximum Gasteiger partial charge on any atom is 0.324 e. The highest BCUT2D eigenvalue weighted by atomic mass is 79.9. The van der Waals surface area contributed by atoms with Crippen molar-refractivity contribution >= 4 is 21.9 Å². The molecule has 0 saturated carbocycles. The third kappa shape index (κ3) is 3.61. The van der Waals surface area contributed by atoms with Gasteiger partial charge in [-0.25, -0.2) is 18.7 Å². The van der Waals surface area contributed by atoms with Crippen LogP contribution >= 0.6 is 15.9 Å². The number of hydrogen-bond acceptors (Lipinski definition) is 3. The molecule has 84 valence electrons. The Morgan fingerprint density at radius 2 is 1.87 bits per heavy atom. The first-order valence-electron chi connectivity index (χ1n) is 3.79. The highest BCUT2D eigenvalue weighted by Crippen LogP contribution is 2.22. The molecule has 0 aromatic carbocycles. The Balaban J connectivity index is 2.54. The number of alkyl halides is 4. The summed E-state index contributed by atoms with van der Waals surface area (Å²) in [6, 6.07) is 0. The lowest BCUT2D eigenvalue weighted by molar-refractivity contribution is -0.117. The van der Waals surface area contributed by atoms with E-state index in [0.29, 0.717) is 4.47 Å². The van der Waals surface area contributed by atoms with Crippen LogP contribution in [0.1, 0.15) is 0 Å². The molecule has 15 heavy (non-hydrogen) atoms. The molecule has 0 fully saturated rings. The number of rotatable bonds is 4. The van der Waals surface area contributed by atoms with Crippen LogP contribution in [0.15, 0.2) is 16.9 Å². The number of nitrogens with zero attached hydrogens (tertiary/aromatic N) is 2. The van der Waals surface area contributed by atoms with Crippen LogP contribution < -0.4 is 5.32 Å². The van der Waals surface area contributed by atoms with Gasteiger partial charge in [-0.3, -0.25) is 0 Å². The molecular weight excluding hydrogens is 282 g/mol. The van der Waals surface area contributed by atoms with Crippen molar-refractivity contribution in [3.8, 4) is 0 Å². The van der Waals surface area contributed by atoms with Crippen LogP contribution in [0.25, 0.3) is 0 Å². The van der Waals surface area contributed by atoms with Gasteiger partial charge in [0.1, 0.15) is 0 Å². The molecule has 0 atom stereocenters. The lowest BCUT2D eigenvalue weighted by Crippen LogP contribution is -2.35. The maximum absolute atomic E-state index is 12.4. The number of aromatic nitrogens is 2. The Bertz CT molecular complexity index is 317. The summed E-state index contributed by atoms with van der Waals surface area (Å²) < 4.78 is 48.9. The van der Waals surface area contributed by atoms with E-state index in [0.717, 1.165) is 0 Å². The molecule has 1 heterocycles. The predicted octanol–water partition coefficient (Wildman–Crippen LogP) is 2.55. The molecule has 0 amide bonds.